The van der Waals surface area contributed by atoms with Crippen LogP contribution in [0.15, 0.2) is 17.8 Å². The van der Waals surface area contributed by atoms with Crippen LogP contribution in [0, 0.1) is 0 Å². The molecule has 0 aliphatic carbocycles. The van der Waals surface area contributed by atoms with Crippen molar-refractivity contribution in [2.75, 3.05) is 31.1 Å². The highest BCUT2D eigenvalue weighted by Gasteiger charge is 2.28. The summed E-state index contributed by atoms with van der Waals surface area (Å²) >= 11 is 1.71. The molecule has 0 radical (unpaired) electrons. The van der Waals surface area contributed by atoms with Gasteiger partial charge in [-0.1, -0.05) is 6.92 Å². The number of nitrogens with zero attached hydrogens (tertiary/aromatic N) is 4. The molecule has 1 aliphatic rings. The van der Waals surface area contributed by atoms with Gasteiger partial charge in [0.1, 0.15) is 12.1 Å². The largest absolute Gasteiger partial charge is 0.392 e. The third-order valence-corrected chi connectivity index (χ3v) is 5.00. The van der Waals surface area contributed by atoms with Gasteiger partial charge in [0, 0.05) is 32.2 Å². The van der Waals surface area contributed by atoms with Crippen LogP contribution in [0.4, 0.5) is 5.82 Å². The topological polar surface area (TPSA) is 52.5 Å². The molecule has 0 spiro atoms. The molecular weight excluding hydrogens is 284 g/mol. The van der Waals surface area contributed by atoms with E-state index in [-0.39, 0.29) is 6.10 Å². The second kappa shape index (κ2) is 6.25. The zero-order chi connectivity index (χ0) is 14.8. The maximum atomic E-state index is 9.64. The second-order valence-corrected chi connectivity index (χ2v) is 6.60. The first-order chi connectivity index (χ1) is 10.2. The number of fused-ring (bicyclic) bond motifs is 1. The van der Waals surface area contributed by atoms with E-state index in [1.54, 1.807) is 17.7 Å². The summed E-state index contributed by atoms with van der Waals surface area (Å²) in [5.41, 5.74) is 1.03. The number of rotatable bonds is 4. The summed E-state index contributed by atoms with van der Waals surface area (Å²) in [6.45, 7) is 7.72. The standard InChI is InChI=1S/C15H22N4OS/c1-3-12-9-19(6-5-18(12)8-11(2)20)15-14-13(4-7-21-14)16-10-17-15/h4,7,10-12,20H,3,5-6,8-9H2,1-2H3/t11-,12+/m1/s1. The summed E-state index contributed by atoms with van der Waals surface area (Å²) in [5, 5.41) is 11.7. The van der Waals surface area contributed by atoms with Gasteiger partial charge in [0.2, 0.25) is 0 Å². The van der Waals surface area contributed by atoms with Gasteiger partial charge in [-0.05, 0) is 24.8 Å². The van der Waals surface area contributed by atoms with Gasteiger partial charge in [0.15, 0.2) is 0 Å². The van der Waals surface area contributed by atoms with Crippen LogP contribution in [0.1, 0.15) is 20.3 Å². The number of aliphatic hydroxyl groups excluding tert-OH is 1. The Hall–Kier alpha value is -1.24. The van der Waals surface area contributed by atoms with Crippen molar-refractivity contribution in [3.8, 4) is 0 Å². The van der Waals surface area contributed by atoms with Gasteiger partial charge in [-0.3, -0.25) is 4.90 Å². The first-order valence-corrected chi connectivity index (χ1v) is 8.42. The Morgan fingerprint density at radius 1 is 1.43 bits per heavy atom. The van der Waals surface area contributed by atoms with Crippen LogP contribution in [0.25, 0.3) is 10.2 Å². The molecule has 21 heavy (non-hydrogen) atoms. The molecule has 1 N–H and O–H groups in total. The van der Waals surface area contributed by atoms with Crippen molar-refractivity contribution in [1.82, 2.24) is 14.9 Å². The van der Waals surface area contributed by atoms with Crippen LogP contribution in [-0.4, -0.2) is 58.3 Å². The molecule has 6 heteroatoms. The molecule has 5 nitrogen and oxygen atoms in total. The van der Waals surface area contributed by atoms with Crippen LogP contribution in [0.5, 0.6) is 0 Å². The van der Waals surface area contributed by atoms with E-state index in [4.69, 9.17) is 0 Å². The van der Waals surface area contributed by atoms with Gasteiger partial charge in [0.25, 0.3) is 0 Å². The summed E-state index contributed by atoms with van der Waals surface area (Å²) in [7, 11) is 0. The van der Waals surface area contributed by atoms with Gasteiger partial charge < -0.3 is 10.0 Å². The van der Waals surface area contributed by atoms with Crippen molar-refractivity contribution < 1.29 is 5.11 Å². The Morgan fingerprint density at radius 2 is 2.29 bits per heavy atom. The van der Waals surface area contributed by atoms with Crippen molar-refractivity contribution in [3.63, 3.8) is 0 Å². The summed E-state index contributed by atoms with van der Waals surface area (Å²) < 4.78 is 1.18. The Labute approximate surface area is 129 Å². The fourth-order valence-electron chi connectivity index (χ4n) is 3.05. The number of hydrogen-bond donors (Lipinski definition) is 1. The Kier molecular flexibility index (Phi) is 4.37. The number of hydrogen-bond acceptors (Lipinski definition) is 6. The summed E-state index contributed by atoms with van der Waals surface area (Å²) in [6, 6.07) is 2.52. The van der Waals surface area contributed by atoms with E-state index in [9.17, 15) is 5.11 Å². The molecule has 2 atom stereocenters. The predicted molar refractivity (Wildman–Crippen MR) is 87.0 cm³/mol. The molecule has 3 rings (SSSR count). The molecular formula is C15H22N4OS. The van der Waals surface area contributed by atoms with Crippen LogP contribution < -0.4 is 4.90 Å². The summed E-state index contributed by atoms with van der Waals surface area (Å²) in [6.07, 6.45) is 2.48. The van der Waals surface area contributed by atoms with Gasteiger partial charge in [0.05, 0.1) is 16.3 Å². The summed E-state index contributed by atoms with van der Waals surface area (Å²) in [5.74, 6) is 1.06. The molecule has 114 valence electrons. The molecule has 2 aromatic heterocycles. The molecule has 2 aromatic rings. The maximum Gasteiger partial charge on any atom is 0.150 e. The van der Waals surface area contributed by atoms with E-state index in [1.165, 1.54) is 4.70 Å². The first kappa shape index (κ1) is 14.7. The lowest BCUT2D eigenvalue weighted by atomic mass is 10.1. The average molecular weight is 306 g/mol. The van der Waals surface area contributed by atoms with Crippen LogP contribution in [-0.2, 0) is 0 Å². The van der Waals surface area contributed by atoms with E-state index in [0.29, 0.717) is 6.04 Å². The van der Waals surface area contributed by atoms with Crippen molar-refractivity contribution in [2.24, 2.45) is 0 Å². The third kappa shape index (κ3) is 3.02. The van der Waals surface area contributed by atoms with Crippen LogP contribution in [0.2, 0.25) is 0 Å². The predicted octanol–water partition coefficient (Wildman–Crippen LogP) is 1.97. The van der Waals surface area contributed by atoms with E-state index in [0.717, 1.165) is 43.9 Å². The smallest absolute Gasteiger partial charge is 0.150 e. The Bertz CT molecular complexity index is 600. The fourth-order valence-corrected chi connectivity index (χ4v) is 3.92. The minimum absolute atomic E-state index is 0.270. The van der Waals surface area contributed by atoms with Gasteiger partial charge >= 0.3 is 0 Å². The zero-order valence-electron chi connectivity index (χ0n) is 12.6. The van der Waals surface area contributed by atoms with E-state index < -0.39 is 0 Å². The molecule has 1 aliphatic heterocycles. The van der Waals surface area contributed by atoms with Crippen molar-refractivity contribution >= 4 is 27.4 Å². The average Bonchev–Trinajstić information content (AvgIpc) is 2.95. The number of aliphatic hydroxyl groups is 1. The quantitative estimate of drug-likeness (QED) is 0.936. The molecule has 0 bridgehead atoms. The Morgan fingerprint density at radius 3 is 3.05 bits per heavy atom. The zero-order valence-corrected chi connectivity index (χ0v) is 13.4. The Balaban J connectivity index is 1.80. The minimum atomic E-state index is -0.270. The normalized spacial score (nSPS) is 21.9. The third-order valence-electron chi connectivity index (χ3n) is 4.10. The van der Waals surface area contributed by atoms with Crippen molar-refractivity contribution in [2.45, 2.75) is 32.4 Å². The molecule has 0 unspecified atom stereocenters. The monoisotopic (exact) mass is 306 g/mol. The highest BCUT2D eigenvalue weighted by Crippen LogP contribution is 2.29. The van der Waals surface area contributed by atoms with Gasteiger partial charge in [-0.2, -0.15) is 0 Å². The molecule has 0 saturated carbocycles. The van der Waals surface area contributed by atoms with Crippen LogP contribution in [0.3, 0.4) is 0 Å². The number of β-amino-alcohol motifs (C(OH)–C–C–N with tert-alkyl or cyclic N) is 1. The lowest BCUT2D eigenvalue weighted by Gasteiger charge is -2.42. The molecule has 0 aromatic carbocycles. The summed E-state index contributed by atoms with van der Waals surface area (Å²) in [4.78, 5) is 13.6. The SMILES string of the molecule is CC[C@H]1CN(c2ncnc3ccsc23)CCN1C[C@@H](C)O. The van der Waals surface area contributed by atoms with Gasteiger partial charge in [-0.25, -0.2) is 9.97 Å². The lowest BCUT2D eigenvalue weighted by Crippen LogP contribution is -2.54. The van der Waals surface area contributed by atoms with Crippen molar-refractivity contribution in [1.29, 1.82) is 0 Å². The van der Waals surface area contributed by atoms with Gasteiger partial charge in [-0.15, -0.1) is 11.3 Å². The minimum Gasteiger partial charge on any atom is -0.392 e. The van der Waals surface area contributed by atoms with E-state index in [1.807, 2.05) is 13.0 Å². The maximum absolute atomic E-state index is 9.64. The molecule has 0 amide bonds. The lowest BCUT2D eigenvalue weighted by molar-refractivity contribution is 0.0885. The first-order valence-electron chi connectivity index (χ1n) is 7.54. The number of anilines is 1. The number of piperazine rings is 1. The highest BCUT2D eigenvalue weighted by atomic mass is 32.1. The van der Waals surface area contributed by atoms with Crippen LogP contribution >= 0.6 is 11.3 Å². The highest BCUT2D eigenvalue weighted by molar-refractivity contribution is 7.17. The van der Waals surface area contributed by atoms with Crippen molar-refractivity contribution in [3.05, 3.63) is 17.8 Å². The second-order valence-electron chi connectivity index (χ2n) is 5.68. The number of aromatic nitrogens is 2. The molecule has 1 saturated heterocycles. The number of thiophene rings is 1. The molecule has 3 heterocycles. The van der Waals surface area contributed by atoms with E-state index >= 15 is 0 Å². The van der Waals surface area contributed by atoms with E-state index in [2.05, 4.69) is 32.1 Å². The molecule has 1 fully saturated rings. The fraction of sp³-hybridized carbons (Fsp3) is 0.600.